The van der Waals surface area contributed by atoms with E-state index in [-0.39, 0.29) is 23.9 Å². The lowest BCUT2D eigenvalue weighted by atomic mass is 10.1. The van der Waals surface area contributed by atoms with Crippen LogP contribution in [0.15, 0.2) is 107 Å². The summed E-state index contributed by atoms with van der Waals surface area (Å²) < 4.78 is 58.5. The number of alkyl halides is 3. The second-order valence-electron chi connectivity index (χ2n) is 11.0. The summed E-state index contributed by atoms with van der Waals surface area (Å²) in [5.74, 6) is -5.74. The van der Waals surface area contributed by atoms with E-state index in [2.05, 4.69) is 20.9 Å². The molecule has 0 saturated heterocycles. The second kappa shape index (κ2) is 19.8. The fraction of sp³-hybridized carbons (Fsp3) is 0.206. The number of aliphatic imine (C=N–C) groups is 1. The average Bonchev–Trinajstić information content (AvgIpc) is 3.67. The van der Waals surface area contributed by atoms with Gasteiger partial charge >= 0.3 is 19.7 Å². The van der Waals surface area contributed by atoms with E-state index in [0.29, 0.717) is 16.1 Å². The third-order valence-electron chi connectivity index (χ3n) is 6.81. The zero-order valence-electron chi connectivity index (χ0n) is 28.3. The van der Waals surface area contributed by atoms with Crippen molar-refractivity contribution in [2.75, 3.05) is 6.61 Å². The highest BCUT2D eigenvalue weighted by molar-refractivity contribution is 7.55. The van der Waals surface area contributed by atoms with E-state index in [1.54, 1.807) is 102 Å². The van der Waals surface area contributed by atoms with Crippen LogP contribution in [0.25, 0.3) is 0 Å². The van der Waals surface area contributed by atoms with Gasteiger partial charge in [0.25, 0.3) is 5.91 Å². The van der Waals surface area contributed by atoms with Crippen molar-refractivity contribution in [1.29, 1.82) is 0 Å². The molecule has 0 bridgehead atoms. The van der Waals surface area contributed by atoms with Crippen LogP contribution < -0.4 is 36.5 Å². The van der Waals surface area contributed by atoms with E-state index in [1.165, 1.54) is 18.3 Å². The van der Waals surface area contributed by atoms with Crippen LogP contribution in [0.4, 0.5) is 18.9 Å². The monoisotopic (exact) mass is 792 g/mol. The van der Waals surface area contributed by atoms with Crippen LogP contribution in [0.5, 0.6) is 11.5 Å². The summed E-state index contributed by atoms with van der Waals surface area (Å²) >= 11 is 1.17. The number of aliphatic hydroxyl groups is 1. The van der Waals surface area contributed by atoms with Crippen molar-refractivity contribution in [3.63, 3.8) is 0 Å². The number of carboxylic acid groups (broad SMARTS) is 1. The molecule has 3 amide bonds. The number of halogens is 3. The van der Waals surface area contributed by atoms with Crippen LogP contribution >= 0.6 is 18.9 Å². The first kappa shape index (κ1) is 42.5. The van der Waals surface area contributed by atoms with Gasteiger partial charge in [-0.05, 0) is 60.3 Å². The van der Waals surface area contributed by atoms with Crippen molar-refractivity contribution in [2.45, 2.75) is 37.4 Å². The summed E-state index contributed by atoms with van der Waals surface area (Å²) in [6.45, 7) is 0.700. The molecule has 1 aromatic heterocycles. The van der Waals surface area contributed by atoms with E-state index in [4.69, 9.17) is 30.4 Å². The molecule has 0 aliphatic carbocycles. The molecule has 0 radical (unpaired) electrons. The van der Waals surface area contributed by atoms with Crippen molar-refractivity contribution in [1.82, 2.24) is 16.0 Å². The molecular weight excluding hydrogens is 756 g/mol. The van der Waals surface area contributed by atoms with E-state index < -0.39 is 61.9 Å². The molecule has 3 atom stereocenters. The molecular formula is C34H36F3N6O9PS. The Hall–Kier alpha value is -5.91. The molecule has 3 aromatic carbocycles. The molecule has 0 aliphatic heterocycles. The van der Waals surface area contributed by atoms with E-state index in [0.717, 1.165) is 0 Å². The number of guanidine groups is 1. The van der Waals surface area contributed by atoms with Gasteiger partial charge in [-0.2, -0.15) is 13.2 Å². The number of hydrogen-bond donors (Lipinski definition) is 7. The number of carboxylic acids is 1. The summed E-state index contributed by atoms with van der Waals surface area (Å²) in [6.07, 6.45) is -5.11. The van der Waals surface area contributed by atoms with E-state index >= 15 is 0 Å². The van der Waals surface area contributed by atoms with Gasteiger partial charge in [0.1, 0.15) is 23.6 Å². The minimum Gasteiger partial charge on any atom is -0.475 e. The molecule has 0 fully saturated rings. The number of amides is 3. The molecule has 4 aromatic rings. The molecule has 0 aliphatic rings. The van der Waals surface area contributed by atoms with Gasteiger partial charge in [0, 0.05) is 6.42 Å². The Morgan fingerprint density at radius 3 is 1.81 bits per heavy atom. The largest absolute Gasteiger partial charge is 0.490 e. The lowest BCUT2D eigenvalue weighted by molar-refractivity contribution is -0.192. The van der Waals surface area contributed by atoms with Crippen molar-refractivity contribution in [2.24, 2.45) is 16.5 Å². The van der Waals surface area contributed by atoms with Gasteiger partial charge in [0.05, 0.1) is 17.2 Å². The van der Waals surface area contributed by atoms with E-state index in [9.17, 15) is 37.2 Å². The van der Waals surface area contributed by atoms with Crippen molar-refractivity contribution >= 4 is 54.3 Å². The standard InChI is InChI=1S/C32H35N6O7PS.C2HF3O2/c1-21(35-30(41)26(20-39)37-31(42)27-13-8-18-47-27)29(40)38-28(19-22-14-16-23(17-15-22)36-32(33)34)46(43,44-24-9-4-2-5-10-24)45-25-11-6-3-7-12-25;3-2(4,5)1(6)7/h2-18,21,26,28,39H,19-20H2,1H3,(H,35,41)(H,37,42)(H,38,40)(H4,33,34,36);(H,6,7)/t21-,26+,28?;/m0./s1. The van der Waals surface area contributed by atoms with E-state index in [1.807, 2.05) is 0 Å². The molecule has 1 unspecified atom stereocenters. The van der Waals surface area contributed by atoms with Crippen LogP contribution in [-0.4, -0.2) is 70.5 Å². The lowest BCUT2D eigenvalue weighted by Crippen LogP contribution is -2.55. The Morgan fingerprint density at radius 1 is 0.833 bits per heavy atom. The number of aliphatic hydroxyl groups excluding tert-OH is 1. The van der Waals surface area contributed by atoms with Gasteiger partial charge in [-0.3, -0.25) is 14.4 Å². The number of para-hydroxylation sites is 2. The van der Waals surface area contributed by atoms with Crippen LogP contribution in [0.2, 0.25) is 0 Å². The van der Waals surface area contributed by atoms with Gasteiger partial charge in [-0.25, -0.2) is 14.4 Å². The zero-order valence-corrected chi connectivity index (χ0v) is 30.0. The smallest absolute Gasteiger partial charge is 0.475 e. The number of nitrogens with two attached hydrogens (primary N) is 2. The molecule has 4 rings (SSSR count). The van der Waals surface area contributed by atoms with Gasteiger partial charge in [0.15, 0.2) is 11.7 Å². The minimum absolute atomic E-state index is 0.0262. The number of nitrogens with zero attached hydrogens (tertiary/aromatic N) is 1. The van der Waals surface area contributed by atoms with Crippen molar-refractivity contribution in [3.05, 3.63) is 113 Å². The van der Waals surface area contributed by atoms with Crippen LogP contribution in [0.1, 0.15) is 22.2 Å². The first-order valence-electron chi connectivity index (χ1n) is 15.6. The predicted octanol–water partition coefficient (Wildman–Crippen LogP) is 3.92. The Morgan fingerprint density at radius 2 is 1.37 bits per heavy atom. The Bertz CT molecular complexity index is 1870. The van der Waals surface area contributed by atoms with Crippen molar-refractivity contribution < 1.29 is 56.2 Å². The second-order valence-corrected chi connectivity index (χ2v) is 14.0. The number of carbonyl (C=O) groups excluding carboxylic acids is 3. The Labute approximate surface area is 310 Å². The quantitative estimate of drug-likeness (QED) is 0.0517. The maximum Gasteiger partial charge on any atom is 0.490 e. The maximum absolute atomic E-state index is 14.8. The number of rotatable bonds is 15. The first-order chi connectivity index (χ1) is 25.5. The topological polar surface area (TPSA) is 245 Å². The fourth-order valence-electron chi connectivity index (χ4n) is 4.22. The molecule has 54 heavy (non-hydrogen) atoms. The third kappa shape index (κ3) is 13.6. The SMILES string of the molecule is C[C@H](NC(=O)[C@@H](CO)NC(=O)c1cccs1)C(=O)NC(Cc1ccc(N=C(N)N)cc1)P(=O)(Oc1ccccc1)Oc1ccccc1.O=C(O)C(F)(F)F. The number of carbonyl (C=O) groups is 4. The number of aliphatic carboxylic acids is 1. The number of thiophene rings is 1. The van der Waals surface area contributed by atoms with Gasteiger partial charge in [0.2, 0.25) is 11.8 Å². The number of nitrogens with one attached hydrogen (secondary N) is 3. The van der Waals surface area contributed by atoms with Crippen LogP contribution in [0, 0.1) is 0 Å². The molecule has 288 valence electrons. The average molecular weight is 793 g/mol. The highest BCUT2D eigenvalue weighted by Crippen LogP contribution is 2.53. The Balaban J connectivity index is 0.00000102. The highest BCUT2D eigenvalue weighted by atomic mass is 32.1. The van der Waals surface area contributed by atoms with Crippen LogP contribution in [-0.2, 0) is 25.4 Å². The highest BCUT2D eigenvalue weighted by Gasteiger charge is 2.42. The van der Waals surface area contributed by atoms with Crippen molar-refractivity contribution in [3.8, 4) is 11.5 Å². The normalized spacial score (nSPS) is 12.7. The van der Waals surface area contributed by atoms with Gasteiger partial charge in [-0.15, -0.1) is 11.3 Å². The molecule has 20 heteroatoms. The first-order valence-corrected chi connectivity index (χ1v) is 18.1. The molecule has 1 heterocycles. The van der Waals surface area contributed by atoms with Gasteiger partial charge < -0.3 is 46.7 Å². The Kier molecular flexibility index (Phi) is 15.6. The number of hydrogen-bond acceptors (Lipinski definition) is 10. The predicted molar refractivity (Wildman–Crippen MR) is 193 cm³/mol. The molecule has 9 N–H and O–H groups in total. The summed E-state index contributed by atoms with van der Waals surface area (Å²) in [5, 5.41) is 26.3. The summed E-state index contributed by atoms with van der Waals surface area (Å²) in [5.41, 5.74) is 12.1. The van der Waals surface area contributed by atoms with Crippen LogP contribution in [0.3, 0.4) is 0 Å². The third-order valence-corrected chi connectivity index (χ3v) is 9.68. The molecule has 0 saturated carbocycles. The zero-order chi connectivity index (χ0) is 39.9. The lowest BCUT2D eigenvalue weighted by Gasteiger charge is -2.29. The molecule has 15 nitrogen and oxygen atoms in total. The summed E-state index contributed by atoms with van der Waals surface area (Å²) in [6, 6.07) is 24.2. The summed E-state index contributed by atoms with van der Waals surface area (Å²) in [4.78, 5) is 52.2. The molecule has 0 spiro atoms. The fourth-order valence-corrected chi connectivity index (χ4v) is 6.69. The maximum atomic E-state index is 14.8. The minimum atomic E-state index is -5.08. The van der Waals surface area contributed by atoms with Gasteiger partial charge in [-0.1, -0.05) is 54.6 Å². The summed E-state index contributed by atoms with van der Waals surface area (Å²) in [7, 11) is -4.28. The number of benzene rings is 3.